The lowest BCUT2D eigenvalue weighted by Crippen LogP contribution is -2.37. The number of hydrogen-bond acceptors (Lipinski definition) is 4. The molecule has 0 aromatic carbocycles. The van der Waals surface area contributed by atoms with Gasteiger partial charge in [0.25, 0.3) is 0 Å². The number of rotatable bonds is 3. The molecule has 2 rings (SSSR count). The van der Waals surface area contributed by atoms with Crippen LogP contribution in [0.5, 0.6) is 0 Å². The first-order valence-corrected chi connectivity index (χ1v) is 8.53. The minimum atomic E-state index is -2.95. The molecule has 2 aliphatic heterocycles. The molecule has 0 bridgehead atoms. The number of carbonyl (C=O) groups is 1. The van der Waals surface area contributed by atoms with Gasteiger partial charge in [-0.3, -0.25) is 4.79 Å². The van der Waals surface area contributed by atoms with E-state index in [0.29, 0.717) is 18.1 Å². The van der Waals surface area contributed by atoms with Crippen LogP contribution < -0.4 is 0 Å². The molecule has 0 aromatic heterocycles. The second-order valence-corrected chi connectivity index (χ2v) is 7.74. The zero-order valence-electron chi connectivity index (χ0n) is 10.2. The van der Waals surface area contributed by atoms with Crippen LogP contribution in [0.4, 0.5) is 0 Å². The summed E-state index contributed by atoms with van der Waals surface area (Å²) in [5, 5.41) is 0.644. The van der Waals surface area contributed by atoms with Gasteiger partial charge in [-0.25, -0.2) is 8.42 Å². The van der Waals surface area contributed by atoms with Crippen LogP contribution in [0, 0.1) is 0 Å². The first-order chi connectivity index (χ1) is 8.46. The van der Waals surface area contributed by atoms with Crippen molar-refractivity contribution in [3.63, 3.8) is 0 Å². The normalized spacial score (nSPS) is 31.6. The second kappa shape index (κ2) is 5.05. The van der Waals surface area contributed by atoms with Crippen LogP contribution in [0.15, 0.2) is 17.6 Å². The van der Waals surface area contributed by atoms with Crippen LogP contribution in [-0.2, 0) is 14.6 Å². The van der Waals surface area contributed by atoms with Crippen molar-refractivity contribution in [1.82, 2.24) is 4.90 Å². The Bertz CT molecular complexity index is 498. The number of amides is 1. The van der Waals surface area contributed by atoms with Crippen molar-refractivity contribution in [1.29, 1.82) is 0 Å². The summed E-state index contributed by atoms with van der Waals surface area (Å²) in [6, 6.07) is -0.0681. The summed E-state index contributed by atoms with van der Waals surface area (Å²) in [4.78, 5) is 17.3. The minimum Gasteiger partial charge on any atom is -0.342 e. The zero-order chi connectivity index (χ0) is 13.3. The van der Waals surface area contributed by atoms with Crippen LogP contribution in [-0.4, -0.2) is 53.7 Å². The number of amidine groups is 1. The highest BCUT2D eigenvalue weighted by atomic mass is 32.2. The molecule has 1 amide bonds. The highest BCUT2D eigenvalue weighted by molar-refractivity contribution is 8.15. The summed E-state index contributed by atoms with van der Waals surface area (Å²) in [6.07, 6.45) is 2.07. The van der Waals surface area contributed by atoms with E-state index in [1.807, 2.05) is 4.90 Å². The zero-order valence-corrected chi connectivity index (χ0v) is 11.8. The molecular formula is C11H16N2O3S2. The van der Waals surface area contributed by atoms with Gasteiger partial charge in [-0.05, 0) is 0 Å². The molecule has 2 fully saturated rings. The van der Waals surface area contributed by atoms with Crippen molar-refractivity contribution in [2.45, 2.75) is 24.6 Å². The average molecular weight is 288 g/mol. The molecule has 5 nitrogen and oxygen atoms in total. The Hall–Kier alpha value is -0.820. The Labute approximate surface area is 111 Å². The fourth-order valence-electron chi connectivity index (χ4n) is 2.17. The van der Waals surface area contributed by atoms with E-state index in [1.54, 1.807) is 13.0 Å². The van der Waals surface area contributed by atoms with Gasteiger partial charge in [0.2, 0.25) is 5.91 Å². The molecule has 7 heteroatoms. The van der Waals surface area contributed by atoms with E-state index in [-0.39, 0.29) is 28.7 Å². The highest BCUT2D eigenvalue weighted by Crippen LogP contribution is 2.37. The Balaban J connectivity index is 2.24. The van der Waals surface area contributed by atoms with Crippen molar-refractivity contribution in [2.24, 2.45) is 4.99 Å². The van der Waals surface area contributed by atoms with Gasteiger partial charge in [-0.2, -0.15) is 4.99 Å². The Morgan fingerprint density at radius 2 is 2.33 bits per heavy atom. The maximum absolute atomic E-state index is 11.6. The molecule has 0 spiro atoms. The summed E-state index contributed by atoms with van der Waals surface area (Å²) >= 11 is 1.40. The Kier molecular flexibility index (Phi) is 3.82. The van der Waals surface area contributed by atoms with Gasteiger partial charge >= 0.3 is 0 Å². The Morgan fingerprint density at radius 1 is 1.61 bits per heavy atom. The van der Waals surface area contributed by atoms with Gasteiger partial charge in [0.05, 0.1) is 17.5 Å². The van der Waals surface area contributed by atoms with E-state index in [4.69, 9.17) is 0 Å². The summed E-state index contributed by atoms with van der Waals surface area (Å²) in [7, 11) is -2.95. The third-order valence-corrected chi connectivity index (χ3v) is 6.27. The van der Waals surface area contributed by atoms with Crippen molar-refractivity contribution in [2.75, 3.05) is 18.1 Å². The minimum absolute atomic E-state index is 0.00152. The van der Waals surface area contributed by atoms with Crippen LogP contribution in [0.1, 0.15) is 13.3 Å². The molecule has 2 atom stereocenters. The monoisotopic (exact) mass is 288 g/mol. The van der Waals surface area contributed by atoms with E-state index in [9.17, 15) is 13.2 Å². The van der Waals surface area contributed by atoms with Gasteiger partial charge < -0.3 is 4.90 Å². The molecule has 100 valence electrons. The topological polar surface area (TPSA) is 66.8 Å². The SMILES string of the molecule is C=CCN1C(=NC(=O)CC)S[C@H]2CS(=O)(=O)C[C@H]21. The number of nitrogens with zero attached hydrogens (tertiary/aromatic N) is 2. The third kappa shape index (κ3) is 2.61. The molecule has 0 N–H and O–H groups in total. The highest BCUT2D eigenvalue weighted by Gasteiger charge is 2.48. The number of carbonyl (C=O) groups excluding carboxylic acids is 1. The molecule has 2 aliphatic rings. The molecule has 0 radical (unpaired) electrons. The predicted octanol–water partition coefficient (Wildman–Crippen LogP) is 0.679. The largest absolute Gasteiger partial charge is 0.342 e. The number of sulfone groups is 1. The van der Waals surface area contributed by atoms with Crippen molar-refractivity contribution in [3.05, 3.63) is 12.7 Å². The van der Waals surface area contributed by atoms with E-state index in [2.05, 4.69) is 11.6 Å². The quantitative estimate of drug-likeness (QED) is 0.714. The van der Waals surface area contributed by atoms with Gasteiger partial charge in [0.15, 0.2) is 15.0 Å². The van der Waals surface area contributed by atoms with Gasteiger partial charge in [-0.15, -0.1) is 6.58 Å². The second-order valence-electron chi connectivity index (χ2n) is 4.38. The standard InChI is InChI=1S/C11H16N2O3S2/c1-3-5-13-8-6-18(15,16)7-9(8)17-11(13)12-10(14)4-2/h3,8-9H,1,4-7H2,2H3/t8-,9+/m1/s1. The number of hydrogen-bond donors (Lipinski definition) is 0. The van der Waals surface area contributed by atoms with Gasteiger partial charge in [-0.1, -0.05) is 24.8 Å². The van der Waals surface area contributed by atoms with Crippen molar-refractivity contribution >= 4 is 32.7 Å². The molecule has 18 heavy (non-hydrogen) atoms. The first-order valence-electron chi connectivity index (χ1n) is 5.83. The number of fused-ring (bicyclic) bond motifs is 1. The predicted molar refractivity (Wildman–Crippen MR) is 73.5 cm³/mol. The van der Waals surface area contributed by atoms with Crippen molar-refractivity contribution < 1.29 is 13.2 Å². The molecular weight excluding hydrogens is 272 g/mol. The summed E-state index contributed by atoms with van der Waals surface area (Å²) in [5.74, 6) is 0.155. The maximum Gasteiger partial charge on any atom is 0.247 e. The van der Waals surface area contributed by atoms with Gasteiger partial charge in [0.1, 0.15) is 0 Å². The fourth-order valence-corrected chi connectivity index (χ4v) is 6.15. The Morgan fingerprint density at radius 3 is 2.94 bits per heavy atom. The van der Waals surface area contributed by atoms with Crippen LogP contribution in [0.25, 0.3) is 0 Å². The summed E-state index contributed by atoms with van der Waals surface area (Å²) in [6.45, 7) is 5.95. The summed E-state index contributed by atoms with van der Waals surface area (Å²) < 4.78 is 23.2. The van der Waals surface area contributed by atoms with E-state index < -0.39 is 9.84 Å². The smallest absolute Gasteiger partial charge is 0.247 e. The molecule has 0 aliphatic carbocycles. The molecule has 0 saturated carbocycles. The molecule has 0 unspecified atom stereocenters. The number of thioether (sulfide) groups is 1. The average Bonchev–Trinajstić information content (AvgIpc) is 2.73. The third-order valence-electron chi connectivity index (χ3n) is 3.02. The molecule has 0 aromatic rings. The van der Waals surface area contributed by atoms with Crippen LogP contribution >= 0.6 is 11.8 Å². The van der Waals surface area contributed by atoms with Gasteiger partial charge in [0, 0.05) is 18.2 Å². The first kappa shape index (κ1) is 13.6. The molecule has 2 saturated heterocycles. The van der Waals surface area contributed by atoms with E-state index in [1.165, 1.54) is 11.8 Å². The van der Waals surface area contributed by atoms with E-state index >= 15 is 0 Å². The lowest BCUT2D eigenvalue weighted by Gasteiger charge is -2.22. The molecule has 2 heterocycles. The lowest BCUT2D eigenvalue weighted by atomic mass is 10.2. The van der Waals surface area contributed by atoms with Crippen LogP contribution in [0.3, 0.4) is 0 Å². The maximum atomic E-state index is 11.6. The van der Waals surface area contributed by atoms with Crippen molar-refractivity contribution in [3.8, 4) is 0 Å². The van der Waals surface area contributed by atoms with Crippen LogP contribution in [0.2, 0.25) is 0 Å². The van der Waals surface area contributed by atoms with E-state index in [0.717, 1.165) is 0 Å². The lowest BCUT2D eigenvalue weighted by molar-refractivity contribution is -0.117. The summed E-state index contributed by atoms with van der Waals surface area (Å²) in [5.41, 5.74) is 0. The number of aliphatic imine (C=N–C) groups is 1. The fraction of sp³-hybridized carbons (Fsp3) is 0.636.